The Morgan fingerprint density at radius 1 is 0.545 bits per heavy atom. The average molecular weight is 800 g/mol. The van der Waals surface area contributed by atoms with Gasteiger partial charge in [0.25, 0.3) is 0 Å². The first kappa shape index (κ1) is 53.5. The van der Waals surface area contributed by atoms with Gasteiger partial charge in [-0.25, -0.2) is 4.57 Å². The fraction of sp³-hybridized carbons (Fsp3) is 0.867. The second-order valence-electron chi connectivity index (χ2n) is 15.4. The van der Waals surface area contributed by atoms with Crippen molar-refractivity contribution in [3.8, 4) is 0 Å². The largest absolute Gasteiger partial charge is 0.472 e. The summed E-state index contributed by atoms with van der Waals surface area (Å²) >= 11 is 0. The van der Waals surface area contributed by atoms with E-state index in [4.69, 9.17) is 13.8 Å². The lowest BCUT2D eigenvalue weighted by Crippen LogP contribution is -2.27. The minimum absolute atomic E-state index is 0.0830. The van der Waals surface area contributed by atoms with E-state index >= 15 is 0 Å². The van der Waals surface area contributed by atoms with Gasteiger partial charge in [0.1, 0.15) is 12.7 Å². The van der Waals surface area contributed by atoms with E-state index in [1.807, 2.05) is 0 Å². The zero-order chi connectivity index (χ0) is 40.3. The van der Waals surface area contributed by atoms with E-state index in [-0.39, 0.29) is 32.1 Å². The molecule has 0 bridgehead atoms. The Hall–Kier alpha value is -1.51. The first-order valence-corrected chi connectivity index (χ1v) is 24.3. The van der Waals surface area contributed by atoms with E-state index in [0.717, 1.165) is 64.2 Å². The van der Waals surface area contributed by atoms with E-state index in [9.17, 15) is 24.2 Å². The highest BCUT2D eigenvalue weighted by Gasteiger charge is 2.23. The van der Waals surface area contributed by atoms with Gasteiger partial charge in [0.15, 0.2) is 0 Å². The van der Waals surface area contributed by atoms with Crippen LogP contribution in [0.1, 0.15) is 219 Å². The molecule has 1 amide bonds. The van der Waals surface area contributed by atoms with Gasteiger partial charge < -0.3 is 20.1 Å². The molecule has 0 spiro atoms. The second kappa shape index (κ2) is 42.1. The van der Waals surface area contributed by atoms with Crippen molar-refractivity contribution in [1.29, 1.82) is 0 Å². The van der Waals surface area contributed by atoms with E-state index in [0.29, 0.717) is 6.42 Å². The number of hydrogen-bond donors (Lipinski definition) is 3. The number of phosphoric acid groups is 1. The highest BCUT2D eigenvalue weighted by molar-refractivity contribution is 7.47. The number of carbonyl (C=O) groups is 2. The lowest BCUT2D eigenvalue weighted by atomic mass is 10.0. The molecule has 0 aliphatic rings. The normalized spacial score (nSPS) is 13.5. The van der Waals surface area contributed by atoms with Crippen LogP contribution in [0.3, 0.4) is 0 Å². The molecule has 0 heterocycles. The fourth-order valence-electron chi connectivity index (χ4n) is 6.36. The summed E-state index contributed by atoms with van der Waals surface area (Å²) in [5.41, 5.74) is 0. The van der Waals surface area contributed by atoms with Crippen molar-refractivity contribution < 1.29 is 37.9 Å². The van der Waals surface area contributed by atoms with Crippen molar-refractivity contribution in [1.82, 2.24) is 5.32 Å². The molecule has 0 fully saturated rings. The Morgan fingerprint density at radius 2 is 0.945 bits per heavy atom. The van der Waals surface area contributed by atoms with Crippen LogP contribution >= 0.6 is 7.82 Å². The number of allylic oxidation sites excluding steroid dienone is 4. The third kappa shape index (κ3) is 43.5. The van der Waals surface area contributed by atoms with Crippen LogP contribution in [0, 0.1) is 0 Å². The SMILES string of the molecule is CCCC/C=C\CCCCCCCC(=O)OCC(O)COP(=O)(O)OCCNC(=O)CCCCCCCCCCCCCCC/C=C/CCCCCCCC. The lowest BCUT2D eigenvalue weighted by molar-refractivity contribution is -0.147. The van der Waals surface area contributed by atoms with Gasteiger partial charge in [0.2, 0.25) is 5.91 Å². The molecule has 9 nitrogen and oxygen atoms in total. The maximum Gasteiger partial charge on any atom is 0.472 e. The van der Waals surface area contributed by atoms with Gasteiger partial charge in [-0.15, -0.1) is 0 Å². The van der Waals surface area contributed by atoms with E-state index in [1.54, 1.807) is 0 Å². The van der Waals surface area contributed by atoms with Gasteiger partial charge in [-0.05, 0) is 57.8 Å². The van der Waals surface area contributed by atoms with Crippen LogP contribution in [0.15, 0.2) is 24.3 Å². The third-order valence-corrected chi connectivity index (χ3v) is 10.8. The van der Waals surface area contributed by atoms with Gasteiger partial charge in [0.05, 0.1) is 13.2 Å². The topological polar surface area (TPSA) is 131 Å². The van der Waals surface area contributed by atoms with E-state index in [1.165, 1.54) is 128 Å². The summed E-state index contributed by atoms with van der Waals surface area (Å²) in [5, 5.41) is 12.7. The summed E-state index contributed by atoms with van der Waals surface area (Å²) in [6.07, 6.45) is 45.5. The van der Waals surface area contributed by atoms with Gasteiger partial charge >= 0.3 is 13.8 Å². The number of unbranched alkanes of at least 4 members (excludes halogenated alkanes) is 26. The summed E-state index contributed by atoms with van der Waals surface area (Å²) in [5.74, 6) is -0.522. The Labute approximate surface area is 338 Å². The van der Waals surface area contributed by atoms with Crippen molar-refractivity contribution in [2.75, 3.05) is 26.4 Å². The minimum atomic E-state index is -4.41. The maximum atomic E-state index is 12.1. The zero-order valence-corrected chi connectivity index (χ0v) is 36.5. The molecule has 0 aromatic carbocycles. The van der Waals surface area contributed by atoms with E-state index in [2.05, 4.69) is 43.5 Å². The van der Waals surface area contributed by atoms with Crippen molar-refractivity contribution in [3.05, 3.63) is 24.3 Å². The van der Waals surface area contributed by atoms with Crippen molar-refractivity contribution >= 4 is 19.7 Å². The summed E-state index contributed by atoms with van der Waals surface area (Å²) < 4.78 is 26.8. The quantitative estimate of drug-likeness (QED) is 0.0240. The summed E-state index contributed by atoms with van der Waals surface area (Å²) in [7, 11) is -4.41. The summed E-state index contributed by atoms with van der Waals surface area (Å²) in [6, 6.07) is 0. The third-order valence-electron chi connectivity index (χ3n) is 9.85. The number of esters is 1. The van der Waals surface area contributed by atoms with Crippen LogP contribution in [-0.4, -0.2) is 54.3 Å². The van der Waals surface area contributed by atoms with Crippen molar-refractivity contribution in [2.24, 2.45) is 0 Å². The molecule has 2 unspecified atom stereocenters. The Balaban J connectivity index is 3.53. The number of nitrogens with one attached hydrogen (secondary N) is 1. The Bertz CT molecular complexity index is 959. The number of carbonyl (C=O) groups excluding carboxylic acids is 2. The maximum absolute atomic E-state index is 12.1. The number of ether oxygens (including phenoxy) is 1. The molecule has 324 valence electrons. The highest BCUT2D eigenvalue weighted by Crippen LogP contribution is 2.42. The number of hydrogen-bond acceptors (Lipinski definition) is 7. The second-order valence-corrected chi connectivity index (χ2v) is 16.8. The smallest absolute Gasteiger partial charge is 0.463 e. The Morgan fingerprint density at radius 3 is 1.42 bits per heavy atom. The molecule has 0 saturated carbocycles. The molecule has 2 atom stereocenters. The Kier molecular flexibility index (Phi) is 40.9. The highest BCUT2D eigenvalue weighted by atomic mass is 31.2. The lowest BCUT2D eigenvalue weighted by Gasteiger charge is -2.15. The number of aliphatic hydroxyl groups excluding tert-OH is 1. The molecular weight excluding hydrogens is 713 g/mol. The molecule has 0 radical (unpaired) electrons. The monoisotopic (exact) mass is 800 g/mol. The number of rotatable bonds is 43. The van der Waals surface area contributed by atoms with E-state index < -0.39 is 26.5 Å². The van der Waals surface area contributed by atoms with Crippen LogP contribution in [0.25, 0.3) is 0 Å². The molecule has 55 heavy (non-hydrogen) atoms. The summed E-state index contributed by atoms with van der Waals surface area (Å²) in [6.45, 7) is 3.52. The zero-order valence-electron chi connectivity index (χ0n) is 35.6. The summed E-state index contributed by atoms with van der Waals surface area (Å²) in [4.78, 5) is 33.9. The predicted octanol–water partition coefficient (Wildman–Crippen LogP) is 12.8. The number of phosphoric ester groups is 1. The minimum Gasteiger partial charge on any atom is -0.463 e. The number of aliphatic hydroxyl groups is 1. The van der Waals surface area contributed by atoms with Crippen molar-refractivity contribution in [2.45, 2.75) is 225 Å². The molecule has 0 saturated heterocycles. The van der Waals surface area contributed by atoms with Crippen LogP contribution in [-0.2, 0) is 27.9 Å². The first-order chi connectivity index (χ1) is 26.8. The van der Waals surface area contributed by atoms with Crippen LogP contribution in [0.5, 0.6) is 0 Å². The molecule has 0 aliphatic heterocycles. The fourth-order valence-corrected chi connectivity index (χ4v) is 7.11. The number of amides is 1. The van der Waals surface area contributed by atoms with Crippen LogP contribution in [0.4, 0.5) is 0 Å². The molecule has 3 N–H and O–H groups in total. The van der Waals surface area contributed by atoms with Crippen LogP contribution < -0.4 is 5.32 Å². The van der Waals surface area contributed by atoms with Crippen molar-refractivity contribution in [3.63, 3.8) is 0 Å². The molecule has 0 aromatic rings. The molecule has 0 aliphatic carbocycles. The molecule has 0 rings (SSSR count). The van der Waals surface area contributed by atoms with Gasteiger partial charge in [-0.2, -0.15) is 0 Å². The van der Waals surface area contributed by atoms with Crippen LogP contribution in [0.2, 0.25) is 0 Å². The molecule has 10 heteroatoms. The average Bonchev–Trinajstić information content (AvgIpc) is 3.17. The molecule has 0 aromatic heterocycles. The van der Waals surface area contributed by atoms with Gasteiger partial charge in [-0.1, -0.05) is 173 Å². The standard InChI is InChI=1S/C45H86NO8P/c1-3-5-7-9-11-13-15-16-17-18-19-20-21-22-23-24-25-26-28-29-31-33-35-37-44(48)46-39-40-53-55(50,51)54-42-43(47)41-52-45(49)38-36-34-32-30-27-14-12-10-8-6-4-2/h10,12,16-17,43,47H,3-9,11,13-15,18-42H2,1-2H3,(H,46,48)(H,50,51)/b12-10-,17-16+. The first-order valence-electron chi connectivity index (χ1n) is 22.8. The van der Waals surface area contributed by atoms with Gasteiger partial charge in [-0.3, -0.25) is 18.6 Å². The predicted molar refractivity (Wildman–Crippen MR) is 229 cm³/mol. The van der Waals surface area contributed by atoms with Gasteiger partial charge in [0, 0.05) is 19.4 Å². The molecular formula is C45H86NO8P.